The van der Waals surface area contributed by atoms with Gasteiger partial charge in [0.2, 0.25) is 0 Å². The molecule has 2 atom stereocenters. The molecule has 0 aliphatic heterocycles. The molecule has 0 amide bonds. The molecular weight excluding hydrogens is 262 g/mol. The van der Waals surface area contributed by atoms with Crippen LogP contribution in [0.4, 0.5) is 5.69 Å². The minimum absolute atomic E-state index is 0.235. The first-order chi connectivity index (χ1) is 10.2. The minimum atomic E-state index is 0.235. The van der Waals surface area contributed by atoms with Crippen molar-refractivity contribution in [2.45, 2.75) is 25.4 Å². The van der Waals surface area contributed by atoms with Gasteiger partial charge >= 0.3 is 0 Å². The Bertz CT molecular complexity index is 504. The number of nitrogens with one attached hydrogen (secondary N) is 1. The van der Waals surface area contributed by atoms with Gasteiger partial charge in [-0.2, -0.15) is 5.26 Å². The summed E-state index contributed by atoms with van der Waals surface area (Å²) in [5.41, 5.74) is 2.38. The van der Waals surface area contributed by atoms with Crippen molar-refractivity contribution in [3.63, 3.8) is 0 Å². The van der Waals surface area contributed by atoms with Crippen LogP contribution >= 0.6 is 0 Å². The Hall–Kier alpha value is -1.83. The second kappa shape index (κ2) is 7.82. The quantitative estimate of drug-likeness (QED) is 0.753. The van der Waals surface area contributed by atoms with Crippen LogP contribution in [-0.4, -0.2) is 31.3 Å². The van der Waals surface area contributed by atoms with E-state index in [0.717, 1.165) is 25.2 Å². The number of hydrogen-bond acceptors (Lipinski definition) is 4. The number of hydrogen-bond donors (Lipinski definition) is 2. The van der Waals surface area contributed by atoms with Gasteiger partial charge in [-0.15, -0.1) is 0 Å². The molecule has 0 bridgehead atoms. The third-order valence-electron chi connectivity index (χ3n) is 3.91. The van der Waals surface area contributed by atoms with Crippen LogP contribution in [-0.2, 0) is 6.54 Å². The highest BCUT2D eigenvalue weighted by molar-refractivity contribution is 5.46. The van der Waals surface area contributed by atoms with E-state index in [-0.39, 0.29) is 6.61 Å². The predicted molar refractivity (Wildman–Crippen MR) is 84.9 cm³/mol. The van der Waals surface area contributed by atoms with Crippen LogP contribution in [0.25, 0.3) is 0 Å². The second-order valence-corrected chi connectivity index (χ2v) is 5.55. The molecule has 0 aromatic heterocycles. The fourth-order valence-corrected chi connectivity index (χ4v) is 2.53. The first-order valence-corrected chi connectivity index (χ1v) is 7.42. The van der Waals surface area contributed by atoms with Crippen molar-refractivity contribution in [3.8, 4) is 6.07 Å². The monoisotopic (exact) mass is 285 g/mol. The molecule has 4 heteroatoms. The van der Waals surface area contributed by atoms with E-state index in [1.54, 1.807) is 0 Å². The molecule has 2 rings (SSSR count). The molecule has 21 heavy (non-hydrogen) atoms. The standard InChI is InChI=1S/C17H23N3O/c1-20(10-2-9-18)17-7-4-14(5-8-17)12-19-16-6-3-15(11-16)13-21/h3-8,15-16,19,21H,2,10-13H2,1H3/t15-,16+/m0/s1. The number of rotatable bonds is 7. The molecule has 0 heterocycles. The second-order valence-electron chi connectivity index (χ2n) is 5.55. The van der Waals surface area contributed by atoms with Gasteiger partial charge in [0, 0.05) is 44.4 Å². The molecule has 1 aliphatic rings. The van der Waals surface area contributed by atoms with Crippen molar-refractivity contribution in [1.29, 1.82) is 5.26 Å². The summed E-state index contributed by atoms with van der Waals surface area (Å²) in [4.78, 5) is 2.09. The molecule has 2 N–H and O–H groups in total. The lowest BCUT2D eigenvalue weighted by Crippen LogP contribution is -2.26. The summed E-state index contributed by atoms with van der Waals surface area (Å²) in [6.45, 7) is 1.82. The summed E-state index contributed by atoms with van der Waals surface area (Å²) in [6, 6.07) is 10.9. The predicted octanol–water partition coefficient (Wildman–Crippen LogP) is 2.06. The topological polar surface area (TPSA) is 59.3 Å². The van der Waals surface area contributed by atoms with Crippen molar-refractivity contribution < 1.29 is 5.11 Å². The normalized spacial score (nSPS) is 20.4. The van der Waals surface area contributed by atoms with E-state index in [1.165, 1.54) is 5.56 Å². The van der Waals surface area contributed by atoms with E-state index in [4.69, 9.17) is 10.4 Å². The Balaban J connectivity index is 1.80. The molecule has 0 spiro atoms. The lowest BCUT2D eigenvalue weighted by Gasteiger charge is -2.18. The molecule has 0 radical (unpaired) electrons. The molecule has 1 aromatic carbocycles. The largest absolute Gasteiger partial charge is 0.396 e. The molecule has 1 aromatic rings. The molecule has 0 saturated carbocycles. The fraction of sp³-hybridized carbons (Fsp3) is 0.471. The van der Waals surface area contributed by atoms with Crippen LogP contribution < -0.4 is 10.2 Å². The zero-order chi connectivity index (χ0) is 15.1. The van der Waals surface area contributed by atoms with Gasteiger partial charge in [0.05, 0.1) is 12.5 Å². The average Bonchev–Trinajstić information content (AvgIpc) is 2.99. The van der Waals surface area contributed by atoms with Gasteiger partial charge in [0.15, 0.2) is 0 Å². The van der Waals surface area contributed by atoms with E-state index in [0.29, 0.717) is 18.4 Å². The Morgan fingerprint density at radius 1 is 1.33 bits per heavy atom. The number of nitriles is 1. The van der Waals surface area contributed by atoms with Crippen LogP contribution in [0.1, 0.15) is 18.4 Å². The Morgan fingerprint density at radius 2 is 2.10 bits per heavy atom. The summed E-state index contributed by atoms with van der Waals surface area (Å²) in [6.07, 6.45) is 5.75. The smallest absolute Gasteiger partial charge is 0.0640 e. The van der Waals surface area contributed by atoms with Gasteiger partial charge in [-0.1, -0.05) is 24.3 Å². The summed E-state index contributed by atoms with van der Waals surface area (Å²) in [5.74, 6) is 0.304. The van der Waals surface area contributed by atoms with E-state index in [1.807, 2.05) is 7.05 Å². The summed E-state index contributed by atoms with van der Waals surface area (Å²) >= 11 is 0. The van der Waals surface area contributed by atoms with E-state index in [9.17, 15) is 0 Å². The highest BCUT2D eigenvalue weighted by Gasteiger charge is 2.17. The zero-order valence-electron chi connectivity index (χ0n) is 12.5. The molecule has 4 nitrogen and oxygen atoms in total. The third kappa shape index (κ3) is 4.59. The van der Waals surface area contributed by atoms with Crippen LogP contribution in [0, 0.1) is 17.2 Å². The maximum atomic E-state index is 9.11. The van der Waals surface area contributed by atoms with E-state index in [2.05, 4.69) is 52.7 Å². The van der Waals surface area contributed by atoms with Crippen molar-refractivity contribution >= 4 is 5.69 Å². The average molecular weight is 285 g/mol. The Kier molecular flexibility index (Phi) is 5.79. The SMILES string of the molecule is CN(CCC#N)c1ccc(CN[C@@H]2C=C[C@H](CO)C2)cc1. The highest BCUT2D eigenvalue weighted by atomic mass is 16.3. The lowest BCUT2D eigenvalue weighted by atomic mass is 10.1. The summed E-state index contributed by atoms with van der Waals surface area (Å²) < 4.78 is 0. The molecule has 1 aliphatic carbocycles. The summed E-state index contributed by atoms with van der Waals surface area (Å²) in [7, 11) is 2.00. The number of aliphatic hydroxyl groups is 1. The van der Waals surface area contributed by atoms with Crippen molar-refractivity contribution in [1.82, 2.24) is 5.32 Å². The number of aliphatic hydroxyl groups excluding tert-OH is 1. The van der Waals surface area contributed by atoms with Gasteiger partial charge < -0.3 is 15.3 Å². The van der Waals surface area contributed by atoms with Gasteiger partial charge in [-0.25, -0.2) is 0 Å². The third-order valence-corrected chi connectivity index (χ3v) is 3.91. The van der Waals surface area contributed by atoms with E-state index < -0.39 is 0 Å². The molecule has 0 unspecified atom stereocenters. The van der Waals surface area contributed by atoms with Crippen LogP contribution in [0.3, 0.4) is 0 Å². The molecule has 112 valence electrons. The first kappa shape index (κ1) is 15.6. The van der Waals surface area contributed by atoms with E-state index >= 15 is 0 Å². The van der Waals surface area contributed by atoms with Gasteiger partial charge in [0.25, 0.3) is 0 Å². The van der Waals surface area contributed by atoms with Crippen molar-refractivity contribution in [3.05, 3.63) is 42.0 Å². The Labute approximate surface area is 126 Å². The zero-order valence-corrected chi connectivity index (χ0v) is 12.5. The molecule has 0 saturated heterocycles. The first-order valence-electron chi connectivity index (χ1n) is 7.42. The maximum absolute atomic E-state index is 9.11. The van der Waals surface area contributed by atoms with Gasteiger partial charge in [-0.3, -0.25) is 0 Å². The number of nitrogens with zero attached hydrogens (tertiary/aromatic N) is 2. The maximum Gasteiger partial charge on any atom is 0.0640 e. The van der Waals surface area contributed by atoms with Crippen LogP contribution in [0.2, 0.25) is 0 Å². The number of anilines is 1. The van der Waals surface area contributed by atoms with Crippen LogP contribution in [0.5, 0.6) is 0 Å². The lowest BCUT2D eigenvalue weighted by molar-refractivity contribution is 0.246. The number of benzene rings is 1. The van der Waals surface area contributed by atoms with Crippen molar-refractivity contribution in [2.75, 3.05) is 25.1 Å². The van der Waals surface area contributed by atoms with Crippen LogP contribution in [0.15, 0.2) is 36.4 Å². The molecular formula is C17H23N3O. The fourth-order valence-electron chi connectivity index (χ4n) is 2.53. The van der Waals surface area contributed by atoms with Gasteiger partial charge in [-0.05, 0) is 24.1 Å². The minimum Gasteiger partial charge on any atom is -0.396 e. The summed E-state index contributed by atoms with van der Waals surface area (Å²) in [5, 5.41) is 21.2. The molecule has 0 fully saturated rings. The Morgan fingerprint density at radius 3 is 2.71 bits per heavy atom. The van der Waals surface area contributed by atoms with Crippen molar-refractivity contribution in [2.24, 2.45) is 5.92 Å². The van der Waals surface area contributed by atoms with Gasteiger partial charge in [0.1, 0.15) is 0 Å². The highest BCUT2D eigenvalue weighted by Crippen LogP contribution is 2.18.